The second kappa shape index (κ2) is 7.51. The molecule has 0 radical (unpaired) electrons. The maximum Gasteiger partial charge on any atom is 0.0440 e. The quantitative estimate of drug-likeness (QED) is 0.303. The third-order valence-electron chi connectivity index (χ3n) is 6.72. The molecule has 0 aliphatic carbocycles. The lowest BCUT2D eigenvalue weighted by molar-refractivity contribution is 0.700. The van der Waals surface area contributed by atoms with Crippen LogP contribution in [0.2, 0.25) is 0 Å². The number of nitrogens with zero attached hydrogens (tertiary/aromatic N) is 1. The monoisotopic (exact) mass is 414 g/mol. The Morgan fingerprint density at radius 1 is 0.531 bits per heavy atom. The molecule has 0 atom stereocenters. The van der Waals surface area contributed by atoms with Gasteiger partial charge in [0.1, 0.15) is 0 Å². The van der Waals surface area contributed by atoms with Gasteiger partial charge in [-0.05, 0) is 54.9 Å². The Bertz CT molecular complexity index is 1560. The minimum absolute atomic E-state index is 0.843. The second-order valence-electron chi connectivity index (χ2n) is 8.87. The van der Waals surface area contributed by atoms with E-state index < -0.39 is 0 Å². The Hall–Kier alpha value is -3.62. The molecule has 1 N–H and O–H groups in total. The molecule has 2 heteroatoms. The number of hydrogen-bond donors (Lipinski definition) is 1. The first-order valence-corrected chi connectivity index (χ1v) is 11.2. The summed E-state index contributed by atoms with van der Waals surface area (Å²) in [6, 6.07) is 33.4. The van der Waals surface area contributed by atoms with Crippen molar-refractivity contribution in [1.82, 2.24) is 5.32 Å². The van der Waals surface area contributed by atoms with Crippen LogP contribution in [-0.2, 0) is 13.1 Å². The first-order chi connectivity index (χ1) is 15.7. The lowest BCUT2D eigenvalue weighted by atomic mass is 9.92. The maximum atomic E-state index is 3.72. The highest BCUT2D eigenvalue weighted by molar-refractivity contribution is 6.23. The molecule has 6 aromatic rings. The Morgan fingerprint density at radius 2 is 1.12 bits per heavy atom. The van der Waals surface area contributed by atoms with Crippen LogP contribution in [0.4, 0.5) is 5.69 Å². The fraction of sp³-hybridized carbons (Fsp3) is 0.133. The van der Waals surface area contributed by atoms with Gasteiger partial charge in [0.2, 0.25) is 0 Å². The standard InChI is InChI=1S/C30H26N2/c1-32(2)28-17-15-23(25-8-3-4-9-27(25)28)18-31-19-24-13-12-22-11-10-20-6-5-7-21-14-16-26(24)30(22)29(20)21/h3-17,31H,18-19H2,1-2H3. The highest BCUT2D eigenvalue weighted by atomic mass is 15.1. The summed E-state index contributed by atoms with van der Waals surface area (Å²) in [5, 5.41) is 14.4. The van der Waals surface area contributed by atoms with Crippen molar-refractivity contribution in [3.05, 3.63) is 102 Å². The van der Waals surface area contributed by atoms with Gasteiger partial charge in [0.25, 0.3) is 0 Å². The van der Waals surface area contributed by atoms with E-state index >= 15 is 0 Å². The van der Waals surface area contributed by atoms with E-state index in [1.165, 1.54) is 59.9 Å². The van der Waals surface area contributed by atoms with Gasteiger partial charge in [0.05, 0.1) is 0 Å². The van der Waals surface area contributed by atoms with Crippen LogP contribution in [0.15, 0.2) is 91.0 Å². The molecule has 6 aromatic carbocycles. The maximum absolute atomic E-state index is 3.72. The zero-order valence-corrected chi connectivity index (χ0v) is 18.5. The smallest absolute Gasteiger partial charge is 0.0440 e. The van der Waals surface area contributed by atoms with Gasteiger partial charge in [-0.3, -0.25) is 0 Å². The van der Waals surface area contributed by atoms with Crippen molar-refractivity contribution in [2.75, 3.05) is 19.0 Å². The molecule has 0 aliphatic rings. The van der Waals surface area contributed by atoms with E-state index in [1.54, 1.807) is 0 Å². The Labute approximate surface area is 188 Å². The molecular weight excluding hydrogens is 388 g/mol. The van der Waals surface area contributed by atoms with Crippen LogP contribution in [0, 0.1) is 0 Å². The normalized spacial score (nSPS) is 11.8. The number of hydrogen-bond acceptors (Lipinski definition) is 2. The van der Waals surface area contributed by atoms with Crippen molar-refractivity contribution >= 4 is 48.8 Å². The molecule has 32 heavy (non-hydrogen) atoms. The number of benzene rings is 6. The van der Waals surface area contributed by atoms with Crippen LogP contribution in [0.3, 0.4) is 0 Å². The van der Waals surface area contributed by atoms with Gasteiger partial charge >= 0.3 is 0 Å². The molecule has 0 fully saturated rings. The van der Waals surface area contributed by atoms with E-state index in [2.05, 4.69) is 115 Å². The van der Waals surface area contributed by atoms with E-state index in [4.69, 9.17) is 0 Å². The van der Waals surface area contributed by atoms with Crippen molar-refractivity contribution in [1.29, 1.82) is 0 Å². The third kappa shape index (κ3) is 2.99. The zero-order valence-electron chi connectivity index (χ0n) is 18.5. The molecule has 0 amide bonds. The summed E-state index contributed by atoms with van der Waals surface area (Å²) >= 11 is 0. The summed E-state index contributed by atoms with van der Waals surface area (Å²) in [6.07, 6.45) is 0. The second-order valence-corrected chi connectivity index (χ2v) is 8.87. The average molecular weight is 415 g/mol. The first kappa shape index (κ1) is 19.1. The predicted molar refractivity (Wildman–Crippen MR) is 139 cm³/mol. The number of rotatable bonds is 5. The van der Waals surface area contributed by atoms with E-state index in [1.807, 2.05) is 0 Å². The largest absolute Gasteiger partial charge is 0.377 e. The van der Waals surface area contributed by atoms with Crippen molar-refractivity contribution in [2.45, 2.75) is 13.1 Å². The molecule has 0 bridgehead atoms. The molecule has 2 nitrogen and oxygen atoms in total. The summed E-state index contributed by atoms with van der Waals surface area (Å²) in [6.45, 7) is 1.69. The van der Waals surface area contributed by atoms with Gasteiger partial charge < -0.3 is 10.2 Å². The lowest BCUT2D eigenvalue weighted by Gasteiger charge is -2.18. The molecule has 0 saturated carbocycles. The summed E-state index contributed by atoms with van der Waals surface area (Å²) in [4.78, 5) is 2.18. The van der Waals surface area contributed by atoms with Crippen molar-refractivity contribution in [2.24, 2.45) is 0 Å². The van der Waals surface area contributed by atoms with Crippen LogP contribution in [-0.4, -0.2) is 14.1 Å². The van der Waals surface area contributed by atoms with E-state index in [0.717, 1.165) is 13.1 Å². The van der Waals surface area contributed by atoms with Gasteiger partial charge in [-0.2, -0.15) is 0 Å². The SMILES string of the molecule is CN(C)c1ccc(CNCc2ccc3ccc4cccc5ccc2c3c45)c2ccccc12. The van der Waals surface area contributed by atoms with E-state index in [-0.39, 0.29) is 0 Å². The fourth-order valence-electron chi connectivity index (χ4n) is 5.17. The van der Waals surface area contributed by atoms with Crippen LogP contribution in [0.1, 0.15) is 11.1 Å². The molecule has 0 aliphatic heterocycles. The molecule has 0 unspecified atom stereocenters. The number of anilines is 1. The van der Waals surface area contributed by atoms with Gasteiger partial charge in [-0.15, -0.1) is 0 Å². The summed E-state index contributed by atoms with van der Waals surface area (Å²) in [7, 11) is 4.21. The van der Waals surface area contributed by atoms with Crippen molar-refractivity contribution < 1.29 is 0 Å². The molecule has 6 rings (SSSR count). The van der Waals surface area contributed by atoms with Crippen LogP contribution >= 0.6 is 0 Å². The van der Waals surface area contributed by atoms with Crippen LogP contribution < -0.4 is 10.2 Å². The average Bonchev–Trinajstić information content (AvgIpc) is 2.83. The number of fused-ring (bicyclic) bond motifs is 1. The van der Waals surface area contributed by atoms with E-state index in [0.29, 0.717) is 0 Å². The van der Waals surface area contributed by atoms with Crippen molar-refractivity contribution in [3.63, 3.8) is 0 Å². The molecule has 0 spiro atoms. The summed E-state index contributed by atoms with van der Waals surface area (Å²) in [5.41, 5.74) is 3.95. The Balaban J connectivity index is 1.35. The number of nitrogens with one attached hydrogen (secondary N) is 1. The molecule has 156 valence electrons. The molecular formula is C30H26N2. The Kier molecular flexibility index (Phi) is 4.48. The highest BCUT2D eigenvalue weighted by Crippen LogP contribution is 2.36. The zero-order chi connectivity index (χ0) is 21.7. The lowest BCUT2D eigenvalue weighted by Crippen LogP contribution is -2.14. The minimum Gasteiger partial charge on any atom is -0.377 e. The fourth-order valence-corrected chi connectivity index (χ4v) is 5.17. The summed E-state index contributed by atoms with van der Waals surface area (Å²) < 4.78 is 0. The molecule has 0 aromatic heterocycles. The topological polar surface area (TPSA) is 15.3 Å². The highest BCUT2D eigenvalue weighted by Gasteiger charge is 2.11. The van der Waals surface area contributed by atoms with Gasteiger partial charge in [0.15, 0.2) is 0 Å². The first-order valence-electron chi connectivity index (χ1n) is 11.2. The molecule has 0 heterocycles. The summed E-state index contributed by atoms with van der Waals surface area (Å²) in [5.74, 6) is 0. The van der Waals surface area contributed by atoms with Crippen molar-refractivity contribution in [3.8, 4) is 0 Å². The molecule has 0 saturated heterocycles. The predicted octanol–water partition coefficient (Wildman–Crippen LogP) is 7.09. The van der Waals surface area contributed by atoms with Gasteiger partial charge in [0, 0.05) is 38.3 Å². The van der Waals surface area contributed by atoms with E-state index in [9.17, 15) is 0 Å². The van der Waals surface area contributed by atoms with Crippen LogP contribution in [0.5, 0.6) is 0 Å². The van der Waals surface area contributed by atoms with Gasteiger partial charge in [-0.25, -0.2) is 0 Å². The van der Waals surface area contributed by atoms with Gasteiger partial charge in [-0.1, -0.05) is 84.9 Å². The Morgan fingerprint density at radius 3 is 1.88 bits per heavy atom. The third-order valence-corrected chi connectivity index (χ3v) is 6.72. The van der Waals surface area contributed by atoms with Crippen LogP contribution in [0.25, 0.3) is 43.1 Å². The minimum atomic E-state index is 0.843.